The zero-order valence-corrected chi connectivity index (χ0v) is 19.4. The summed E-state index contributed by atoms with van der Waals surface area (Å²) in [5, 5.41) is 4.00. The second-order valence-corrected chi connectivity index (χ2v) is 10.5. The molecule has 13 heteroatoms. The van der Waals surface area contributed by atoms with E-state index in [1.165, 1.54) is 30.3 Å². The Hall–Kier alpha value is -2.93. The number of hydrogen-bond donors (Lipinski definition) is 2. The molecule has 34 heavy (non-hydrogen) atoms. The van der Waals surface area contributed by atoms with Crippen molar-refractivity contribution in [3.63, 3.8) is 0 Å². The van der Waals surface area contributed by atoms with Gasteiger partial charge >= 0.3 is 6.18 Å². The van der Waals surface area contributed by atoms with Gasteiger partial charge in [-0.25, -0.2) is 13.2 Å². The Labute approximate surface area is 198 Å². The number of nitrogens with one attached hydrogen (secondary N) is 1. The van der Waals surface area contributed by atoms with Crippen LogP contribution >= 0.6 is 11.6 Å². The largest absolute Gasteiger partial charge is 0.416 e. The van der Waals surface area contributed by atoms with E-state index in [2.05, 4.69) is 5.10 Å². The van der Waals surface area contributed by atoms with Crippen molar-refractivity contribution in [2.75, 3.05) is 0 Å². The van der Waals surface area contributed by atoms with Gasteiger partial charge in [-0.15, -0.1) is 0 Å². The molecule has 0 heterocycles. The molecule has 7 nitrogen and oxygen atoms in total. The predicted octanol–water partition coefficient (Wildman–Crippen LogP) is 4.73. The second kappa shape index (κ2) is 9.74. The number of rotatable bonds is 7. The summed E-state index contributed by atoms with van der Waals surface area (Å²) in [4.78, 5) is 1.24. The Balaban J connectivity index is 1.97. The van der Waals surface area contributed by atoms with Gasteiger partial charge in [-0.2, -0.15) is 26.7 Å². The van der Waals surface area contributed by atoms with Crippen molar-refractivity contribution in [2.45, 2.75) is 16.8 Å². The Morgan fingerprint density at radius 3 is 2.29 bits per heavy atom. The maximum Gasteiger partial charge on any atom is 0.416 e. The topological polar surface area (TPSA) is 113 Å². The summed E-state index contributed by atoms with van der Waals surface area (Å²) < 4.78 is 97.3. The van der Waals surface area contributed by atoms with Gasteiger partial charge in [0.1, 0.15) is 4.90 Å². The zero-order chi connectivity index (χ0) is 25.1. The molecule has 0 aliphatic rings. The maximum absolute atomic E-state index is 13.2. The molecule has 2 N–H and O–H groups in total. The van der Waals surface area contributed by atoms with Gasteiger partial charge in [-0.05, 0) is 41.5 Å². The Bertz CT molecular complexity index is 1460. The van der Waals surface area contributed by atoms with Crippen LogP contribution in [-0.4, -0.2) is 27.6 Å². The van der Waals surface area contributed by atoms with Gasteiger partial charge in [-0.1, -0.05) is 48.0 Å². The van der Waals surface area contributed by atoms with Crippen LogP contribution in [0.15, 0.2) is 76.7 Å². The van der Waals surface area contributed by atoms with E-state index < -0.39 is 48.1 Å². The normalized spacial score (nSPS) is 12.7. The van der Waals surface area contributed by atoms with Crippen LogP contribution in [0.1, 0.15) is 16.7 Å². The molecule has 0 aromatic heterocycles. The summed E-state index contributed by atoms with van der Waals surface area (Å²) >= 11 is 5.84. The number of alkyl halides is 3. The van der Waals surface area contributed by atoms with E-state index in [1.54, 1.807) is 18.2 Å². The first kappa shape index (κ1) is 25.7. The molecule has 0 aliphatic carbocycles. The average molecular weight is 533 g/mol. The van der Waals surface area contributed by atoms with Crippen LogP contribution in [-0.2, 0) is 32.1 Å². The molecule has 0 saturated heterocycles. The first-order valence-electron chi connectivity index (χ1n) is 9.31. The fraction of sp³-hybridized carbons (Fsp3) is 0.0952. The van der Waals surface area contributed by atoms with Gasteiger partial charge in [-0.3, -0.25) is 4.55 Å². The number of sulfonamides is 1. The summed E-state index contributed by atoms with van der Waals surface area (Å²) in [6.07, 6.45) is -3.76. The van der Waals surface area contributed by atoms with E-state index in [4.69, 9.17) is 11.6 Å². The van der Waals surface area contributed by atoms with E-state index in [0.717, 1.165) is 6.21 Å². The molecular weight excluding hydrogens is 517 g/mol. The van der Waals surface area contributed by atoms with Gasteiger partial charge in [0.05, 0.1) is 17.5 Å². The minimum Gasteiger partial charge on any atom is -0.282 e. The molecule has 3 aromatic rings. The van der Waals surface area contributed by atoms with Crippen LogP contribution in [0.5, 0.6) is 0 Å². The van der Waals surface area contributed by atoms with Gasteiger partial charge in [0.25, 0.3) is 20.1 Å². The van der Waals surface area contributed by atoms with Crippen molar-refractivity contribution < 1.29 is 34.6 Å². The molecule has 0 aliphatic heterocycles. The molecule has 180 valence electrons. The molecule has 0 fully saturated rings. The SMILES string of the molecule is O=S(=O)(Cc1cccc(Cl)c1)N/N=C/c1ccccc1-c1cc(C(F)(F)F)ccc1S(=O)(=O)O. The smallest absolute Gasteiger partial charge is 0.282 e. The first-order valence-corrected chi connectivity index (χ1v) is 12.8. The lowest BCUT2D eigenvalue weighted by molar-refractivity contribution is -0.137. The number of hydrazone groups is 1. The zero-order valence-electron chi connectivity index (χ0n) is 17.0. The van der Waals surface area contributed by atoms with Crippen LogP contribution in [0.3, 0.4) is 0 Å². The lowest BCUT2D eigenvalue weighted by atomic mass is 9.98. The molecule has 0 saturated carbocycles. The van der Waals surface area contributed by atoms with E-state index in [-0.39, 0.29) is 11.1 Å². The van der Waals surface area contributed by atoms with Crippen molar-refractivity contribution in [3.05, 3.63) is 88.4 Å². The molecule has 0 amide bonds. The molecule has 3 aromatic carbocycles. The molecule has 0 spiro atoms. The van der Waals surface area contributed by atoms with Crippen molar-refractivity contribution >= 4 is 38.0 Å². The van der Waals surface area contributed by atoms with Crippen LogP contribution < -0.4 is 4.83 Å². The summed E-state index contributed by atoms with van der Waals surface area (Å²) in [5.41, 5.74) is -1.10. The van der Waals surface area contributed by atoms with Crippen molar-refractivity contribution in [2.24, 2.45) is 5.10 Å². The minimum absolute atomic E-state index is 0.0287. The monoisotopic (exact) mass is 532 g/mol. The van der Waals surface area contributed by atoms with Crippen molar-refractivity contribution in [1.29, 1.82) is 0 Å². The van der Waals surface area contributed by atoms with Crippen LogP contribution in [0.25, 0.3) is 11.1 Å². The Morgan fingerprint density at radius 1 is 0.941 bits per heavy atom. The fourth-order valence-corrected chi connectivity index (χ4v) is 4.85. The lowest BCUT2D eigenvalue weighted by Crippen LogP contribution is -2.20. The Morgan fingerprint density at radius 2 is 1.65 bits per heavy atom. The number of halogens is 4. The highest BCUT2D eigenvalue weighted by molar-refractivity contribution is 7.88. The lowest BCUT2D eigenvalue weighted by Gasteiger charge is -2.14. The third-order valence-corrected chi connectivity index (χ3v) is 6.72. The molecular formula is C21H16ClF3N2O5S2. The third-order valence-electron chi connectivity index (χ3n) is 4.48. The summed E-state index contributed by atoms with van der Waals surface area (Å²) in [6.45, 7) is 0. The standard InChI is InChI=1S/C21H16ClF3N2O5S2/c22-17-6-3-4-14(10-17)13-33(28,29)27-26-12-15-5-1-2-7-18(15)19-11-16(21(23,24)25)8-9-20(19)34(30,31)32/h1-12,27H,13H2,(H,30,31,32)/b26-12+. The summed E-state index contributed by atoms with van der Waals surface area (Å²) in [5.74, 6) is -0.437. The third kappa shape index (κ3) is 6.56. The summed E-state index contributed by atoms with van der Waals surface area (Å²) in [7, 11) is -8.82. The van der Waals surface area contributed by atoms with Gasteiger partial charge in [0.15, 0.2) is 0 Å². The second-order valence-electron chi connectivity index (χ2n) is 7.01. The highest BCUT2D eigenvalue weighted by Crippen LogP contribution is 2.36. The fourth-order valence-electron chi connectivity index (χ4n) is 3.05. The average Bonchev–Trinajstić information content (AvgIpc) is 2.72. The first-order chi connectivity index (χ1) is 15.8. The van der Waals surface area contributed by atoms with Crippen LogP contribution in [0.2, 0.25) is 5.02 Å². The van der Waals surface area contributed by atoms with Gasteiger partial charge < -0.3 is 0 Å². The maximum atomic E-state index is 13.2. The highest BCUT2D eigenvalue weighted by Gasteiger charge is 2.32. The predicted molar refractivity (Wildman–Crippen MR) is 122 cm³/mol. The van der Waals surface area contributed by atoms with Crippen molar-refractivity contribution in [1.82, 2.24) is 4.83 Å². The molecule has 3 rings (SSSR count). The van der Waals surface area contributed by atoms with Gasteiger partial charge in [0.2, 0.25) is 0 Å². The van der Waals surface area contributed by atoms with E-state index in [1.807, 2.05) is 4.83 Å². The quantitative estimate of drug-likeness (QED) is 0.259. The molecule has 0 atom stereocenters. The van der Waals surface area contributed by atoms with Gasteiger partial charge in [0, 0.05) is 16.1 Å². The number of hydrogen-bond acceptors (Lipinski definition) is 5. The molecule has 0 bridgehead atoms. The highest BCUT2D eigenvalue weighted by atomic mass is 35.5. The Kier molecular flexibility index (Phi) is 7.36. The van der Waals surface area contributed by atoms with E-state index in [0.29, 0.717) is 28.8 Å². The number of nitrogens with zero attached hydrogens (tertiary/aromatic N) is 1. The molecule has 0 unspecified atom stereocenters. The molecule has 0 radical (unpaired) electrons. The van der Waals surface area contributed by atoms with Crippen LogP contribution in [0, 0.1) is 0 Å². The van der Waals surface area contributed by atoms with Crippen LogP contribution in [0.4, 0.5) is 13.2 Å². The van der Waals surface area contributed by atoms with Crippen molar-refractivity contribution in [3.8, 4) is 11.1 Å². The van der Waals surface area contributed by atoms with E-state index >= 15 is 0 Å². The number of benzene rings is 3. The minimum atomic E-state index is -4.88. The summed E-state index contributed by atoms with van der Waals surface area (Å²) in [6, 6.07) is 13.6. The van der Waals surface area contributed by atoms with E-state index in [9.17, 15) is 34.6 Å².